The fraction of sp³-hybridized carbons (Fsp3) is 0.714. The van der Waals surface area contributed by atoms with Gasteiger partial charge in [-0.3, -0.25) is 4.79 Å². The summed E-state index contributed by atoms with van der Waals surface area (Å²) in [6.07, 6.45) is 9.19. The van der Waals surface area contributed by atoms with Crippen LogP contribution >= 0.6 is 11.3 Å². The highest BCUT2D eigenvalue weighted by atomic mass is 32.1. The molecule has 1 heterocycles. The molecule has 4 saturated carbocycles. The molecule has 0 aromatic carbocycles. The maximum atomic E-state index is 13.4. The summed E-state index contributed by atoms with van der Waals surface area (Å²) < 4.78 is 5.02. The molecule has 0 aliphatic heterocycles. The molecule has 6 heteroatoms. The Morgan fingerprint density at radius 1 is 1.15 bits per heavy atom. The minimum atomic E-state index is -0.665. The first-order chi connectivity index (χ1) is 12.9. The number of aryl methyl sites for hydroxylation is 1. The number of hydrogen-bond donors (Lipinski definition) is 2. The number of aliphatic hydroxyl groups is 1. The van der Waals surface area contributed by atoms with Crippen LogP contribution in [0, 0.1) is 17.3 Å². The fourth-order valence-electron chi connectivity index (χ4n) is 6.69. The van der Waals surface area contributed by atoms with Gasteiger partial charge in [-0.2, -0.15) is 0 Å². The summed E-state index contributed by atoms with van der Waals surface area (Å²) in [5, 5.41) is 14.7. The van der Waals surface area contributed by atoms with Gasteiger partial charge < -0.3 is 15.2 Å². The molecule has 4 fully saturated rings. The van der Waals surface area contributed by atoms with Crippen molar-refractivity contribution in [1.29, 1.82) is 0 Å². The van der Waals surface area contributed by atoms with E-state index >= 15 is 0 Å². The molecule has 5 nitrogen and oxygen atoms in total. The summed E-state index contributed by atoms with van der Waals surface area (Å²) in [6, 6.07) is 0. The first kappa shape index (κ1) is 17.7. The van der Waals surface area contributed by atoms with Gasteiger partial charge in [0.25, 0.3) is 0 Å². The van der Waals surface area contributed by atoms with Crippen molar-refractivity contribution in [2.24, 2.45) is 17.3 Å². The second-order valence-electron chi connectivity index (χ2n) is 9.33. The standard InChI is InChI=1S/C21H27NO4S/c1-26-18(23)16-14-4-2-3-5-15(14)27-17(16)22-19(24)20-7-12-6-13(8-20)10-21(25,9-12)11-20/h12-13,25H,2-11H2,1H3,(H,22,24). The summed E-state index contributed by atoms with van der Waals surface area (Å²) in [4.78, 5) is 27.1. The zero-order valence-electron chi connectivity index (χ0n) is 15.8. The molecule has 1 aromatic heterocycles. The van der Waals surface area contributed by atoms with Crippen molar-refractivity contribution < 1.29 is 19.4 Å². The predicted octanol–water partition coefficient (Wildman–Crippen LogP) is 3.68. The number of methoxy groups -OCH3 is 1. The molecule has 0 saturated heterocycles. The zero-order chi connectivity index (χ0) is 18.8. The van der Waals surface area contributed by atoms with Crippen LogP contribution in [-0.4, -0.2) is 29.7 Å². The van der Waals surface area contributed by atoms with Gasteiger partial charge in [-0.15, -0.1) is 11.3 Å². The lowest BCUT2D eigenvalue weighted by molar-refractivity contribution is -0.174. The van der Waals surface area contributed by atoms with Crippen molar-refractivity contribution in [3.05, 3.63) is 16.0 Å². The summed E-state index contributed by atoms with van der Waals surface area (Å²) in [5.41, 5.74) is 0.490. The van der Waals surface area contributed by atoms with Crippen molar-refractivity contribution in [1.82, 2.24) is 0 Å². The van der Waals surface area contributed by atoms with Gasteiger partial charge in [0.05, 0.1) is 23.7 Å². The summed E-state index contributed by atoms with van der Waals surface area (Å²) in [6.45, 7) is 0. The molecule has 6 rings (SSSR count). The van der Waals surface area contributed by atoms with Crippen molar-refractivity contribution in [2.45, 2.75) is 69.8 Å². The maximum absolute atomic E-state index is 13.4. The number of hydrogen-bond acceptors (Lipinski definition) is 5. The minimum absolute atomic E-state index is 0.00113. The van der Waals surface area contributed by atoms with Crippen LogP contribution in [0.15, 0.2) is 0 Å². The molecule has 146 valence electrons. The minimum Gasteiger partial charge on any atom is -0.465 e. The van der Waals surface area contributed by atoms with Crippen molar-refractivity contribution in [3.8, 4) is 0 Å². The molecule has 0 radical (unpaired) electrons. The van der Waals surface area contributed by atoms with E-state index in [1.165, 1.54) is 12.0 Å². The average Bonchev–Trinajstić information content (AvgIpc) is 2.96. The molecular formula is C21H27NO4S. The number of fused-ring (bicyclic) bond motifs is 1. The lowest BCUT2D eigenvalue weighted by Crippen LogP contribution is -2.59. The normalized spacial score (nSPS) is 36.4. The molecule has 1 amide bonds. The van der Waals surface area contributed by atoms with Crippen LogP contribution in [0.25, 0.3) is 0 Å². The van der Waals surface area contributed by atoms with Crippen LogP contribution in [-0.2, 0) is 22.4 Å². The Hall–Kier alpha value is -1.40. The van der Waals surface area contributed by atoms with E-state index in [0.29, 0.717) is 28.8 Å². The molecule has 0 spiro atoms. The van der Waals surface area contributed by atoms with Gasteiger partial charge >= 0.3 is 5.97 Å². The third-order valence-corrected chi connectivity index (χ3v) is 8.51. The van der Waals surface area contributed by atoms with Crippen LogP contribution in [0.5, 0.6) is 0 Å². The molecular weight excluding hydrogens is 362 g/mol. The molecule has 5 aliphatic rings. The van der Waals surface area contributed by atoms with Gasteiger partial charge in [0.15, 0.2) is 0 Å². The van der Waals surface area contributed by atoms with Crippen LogP contribution in [0.2, 0.25) is 0 Å². The van der Waals surface area contributed by atoms with Crippen LogP contribution in [0.3, 0.4) is 0 Å². The van der Waals surface area contributed by atoms with E-state index in [1.807, 2.05) is 0 Å². The van der Waals surface area contributed by atoms with E-state index in [0.717, 1.165) is 63.4 Å². The maximum Gasteiger partial charge on any atom is 0.341 e. The van der Waals surface area contributed by atoms with E-state index in [-0.39, 0.29) is 11.9 Å². The van der Waals surface area contributed by atoms with E-state index < -0.39 is 11.0 Å². The van der Waals surface area contributed by atoms with E-state index in [9.17, 15) is 14.7 Å². The average molecular weight is 390 g/mol. The Morgan fingerprint density at radius 3 is 2.52 bits per heavy atom. The van der Waals surface area contributed by atoms with Gasteiger partial charge in [-0.25, -0.2) is 4.79 Å². The fourth-order valence-corrected chi connectivity index (χ4v) is 7.96. The van der Waals surface area contributed by atoms with Crippen molar-refractivity contribution in [2.75, 3.05) is 12.4 Å². The monoisotopic (exact) mass is 389 g/mol. The zero-order valence-corrected chi connectivity index (χ0v) is 16.6. The molecule has 2 N–H and O–H groups in total. The number of nitrogens with one attached hydrogen (secondary N) is 1. The predicted molar refractivity (Wildman–Crippen MR) is 103 cm³/mol. The lowest BCUT2D eigenvalue weighted by atomic mass is 9.47. The number of ether oxygens (including phenoxy) is 1. The Labute approximate surface area is 163 Å². The largest absolute Gasteiger partial charge is 0.465 e. The number of carbonyl (C=O) groups excluding carboxylic acids is 2. The molecule has 5 aliphatic carbocycles. The first-order valence-corrected chi connectivity index (χ1v) is 11.0. The Kier molecular flexibility index (Phi) is 3.96. The molecule has 27 heavy (non-hydrogen) atoms. The number of esters is 1. The Morgan fingerprint density at radius 2 is 1.85 bits per heavy atom. The van der Waals surface area contributed by atoms with Crippen molar-refractivity contribution in [3.63, 3.8) is 0 Å². The van der Waals surface area contributed by atoms with E-state index in [2.05, 4.69) is 5.32 Å². The second-order valence-corrected chi connectivity index (χ2v) is 10.4. The lowest BCUT2D eigenvalue weighted by Gasteiger charge is -2.59. The SMILES string of the molecule is COC(=O)c1c(NC(=O)C23CC4CC(CC(O)(C4)C2)C3)sc2c1CCCC2. The molecule has 1 aromatic rings. The topological polar surface area (TPSA) is 75.6 Å². The number of thiophene rings is 1. The van der Waals surface area contributed by atoms with Gasteiger partial charge in [-0.1, -0.05) is 0 Å². The Bertz CT molecular complexity index is 799. The summed E-state index contributed by atoms with van der Waals surface area (Å²) >= 11 is 1.54. The third-order valence-electron chi connectivity index (χ3n) is 7.30. The molecule has 2 unspecified atom stereocenters. The second kappa shape index (κ2) is 6.05. The smallest absolute Gasteiger partial charge is 0.341 e. The van der Waals surface area contributed by atoms with Gasteiger partial charge in [-0.05, 0) is 81.6 Å². The van der Waals surface area contributed by atoms with Crippen LogP contribution in [0.4, 0.5) is 5.00 Å². The number of carbonyl (C=O) groups is 2. The Balaban J connectivity index is 1.46. The van der Waals surface area contributed by atoms with E-state index in [4.69, 9.17) is 4.74 Å². The van der Waals surface area contributed by atoms with E-state index in [1.54, 1.807) is 11.3 Å². The van der Waals surface area contributed by atoms with Gasteiger partial charge in [0.1, 0.15) is 5.00 Å². The van der Waals surface area contributed by atoms with Crippen LogP contribution in [0.1, 0.15) is 72.2 Å². The number of amides is 1. The highest BCUT2D eigenvalue weighted by molar-refractivity contribution is 7.17. The molecule has 2 atom stereocenters. The van der Waals surface area contributed by atoms with Gasteiger partial charge in [0, 0.05) is 4.88 Å². The van der Waals surface area contributed by atoms with Crippen LogP contribution < -0.4 is 5.32 Å². The summed E-state index contributed by atoms with van der Waals surface area (Å²) in [7, 11) is 1.40. The third kappa shape index (κ3) is 2.75. The summed E-state index contributed by atoms with van der Waals surface area (Å²) in [5.74, 6) is 0.560. The number of rotatable bonds is 3. The molecule has 4 bridgehead atoms. The van der Waals surface area contributed by atoms with Gasteiger partial charge in [0.2, 0.25) is 5.91 Å². The number of anilines is 1. The highest BCUT2D eigenvalue weighted by Gasteiger charge is 2.60. The first-order valence-electron chi connectivity index (χ1n) is 10.2. The highest BCUT2D eigenvalue weighted by Crippen LogP contribution is 2.62. The van der Waals surface area contributed by atoms with Crippen molar-refractivity contribution >= 4 is 28.2 Å². The quantitative estimate of drug-likeness (QED) is 0.773.